The number of methoxy groups -OCH3 is 1. The average Bonchev–Trinajstić information content (AvgIpc) is 3.11. The minimum absolute atomic E-state index is 0.118. The van der Waals surface area contributed by atoms with Gasteiger partial charge in [0.2, 0.25) is 0 Å². The topological polar surface area (TPSA) is 64.9 Å². The molecular weight excluding hydrogens is 378 g/mol. The molecule has 1 aromatic heterocycles. The van der Waals surface area contributed by atoms with E-state index in [1.807, 2.05) is 12.1 Å². The number of fused-ring (bicyclic) bond motifs is 3. The van der Waals surface area contributed by atoms with Crippen LogP contribution in [0, 0.1) is 0 Å². The number of rotatable bonds is 7. The van der Waals surface area contributed by atoms with E-state index in [-0.39, 0.29) is 12.5 Å². The number of aryl methyl sites for hydroxylation is 1. The molecule has 0 aliphatic carbocycles. The van der Waals surface area contributed by atoms with E-state index in [1.54, 1.807) is 37.6 Å². The molecular formula is C24H23N3O3. The van der Waals surface area contributed by atoms with Gasteiger partial charge in [0, 0.05) is 28.4 Å². The van der Waals surface area contributed by atoms with Gasteiger partial charge in [-0.3, -0.25) is 4.79 Å². The summed E-state index contributed by atoms with van der Waals surface area (Å²) in [5.41, 5.74) is 5.82. The fraction of sp³-hybridized carbons (Fsp3) is 0.167. The summed E-state index contributed by atoms with van der Waals surface area (Å²) >= 11 is 0. The van der Waals surface area contributed by atoms with E-state index in [0.717, 1.165) is 17.9 Å². The Labute approximate surface area is 174 Å². The molecule has 6 nitrogen and oxygen atoms in total. The molecule has 1 amide bonds. The Bertz CT molecular complexity index is 1210. The standard InChI is InChI=1S/C24H23N3O3/c1-3-27-22-7-5-4-6-20(22)21-14-17(8-13-23(21)27)15-25-26-24(28)16-30-19-11-9-18(29-2)10-12-19/h4-15H,3,16H2,1-2H3,(H,26,28). The smallest absolute Gasteiger partial charge is 0.277 e. The molecule has 0 unspecified atom stereocenters. The molecule has 0 fully saturated rings. The van der Waals surface area contributed by atoms with Gasteiger partial charge >= 0.3 is 0 Å². The van der Waals surface area contributed by atoms with E-state index in [4.69, 9.17) is 9.47 Å². The second-order valence-corrected chi connectivity index (χ2v) is 6.80. The predicted molar refractivity (Wildman–Crippen MR) is 119 cm³/mol. The molecule has 0 spiro atoms. The summed E-state index contributed by atoms with van der Waals surface area (Å²) in [6.45, 7) is 2.93. The van der Waals surface area contributed by atoms with Gasteiger partial charge in [-0.25, -0.2) is 5.43 Å². The molecule has 6 heteroatoms. The summed E-state index contributed by atoms with van der Waals surface area (Å²) in [4.78, 5) is 12.0. The second-order valence-electron chi connectivity index (χ2n) is 6.80. The number of carbonyl (C=O) groups excluding carboxylic acids is 1. The van der Waals surface area contributed by atoms with E-state index in [2.05, 4.69) is 52.3 Å². The SMILES string of the molecule is CCn1c2ccccc2c2cc(C=NNC(=O)COc3ccc(OC)cc3)ccc21. The number of nitrogens with zero attached hydrogens (tertiary/aromatic N) is 2. The third kappa shape index (κ3) is 3.98. The van der Waals surface area contributed by atoms with Crippen molar-refractivity contribution in [3.05, 3.63) is 72.3 Å². The van der Waals surface area contributed by atoms with Gasteiger partial charge < -0.3 is 14.0 Å². The Hall–Kier alpha value is -3.80. The number of hydrazone groups is 1. The molecule has 1 heterocycles. The van der Waals surface area contributed by atoms with Gasteiger partial charge in [-0.1, -0.05) is 24.3 Å². The molecule has 152 valence electrons. The highest BCUT2D eigenvalue weighted by atomic mass is 16.5. The summed E-state index contributed by atoms with van der Waals surface area (Å²) in [6, 6.07) is 21.6. The summed E-state index contributed by atoms with van der Waals surface area (Å²) in [7, 11) is 1.60. The van der Waals surface area contributed by atoms with Gasteiger partial charge in [0.25, 0.3) is 5.91 Å². The molecule has 3 aromatic carbocycles. The van der Waals surface area contributed by atoms with Gasteiger partial charge in [0.15, 0.2) is 6.61 Å². The Balaban J connectivity index is 1.42. The first-order valence-corrected chi connectivity index (χ1v) is 9.79. The van der Waals surface area contributed by atoms with Crippen LogP contribution in [0.5, 0.6) is 11.5 Å². The van der Waals surface area contributed by atoms with Crippen LogP contribution in [0.4, 0.5) is 0 Å². The van der Waals surface area contributed by atoms with Gasteiger partial charge in [-0.2, -0.15) is 5.10 Å². The summed E-state index contributed by atoms with van der Waals surface area (Å²) < 4.78 is 12.8. The first-order valence-electron chi connectivity index (χ1n) is 9.79. The van der Waals surface area contributed by atoms with Crippen molar-refractivity contribution in [2.45, 2.75) is 13.5 Å². The van der Waals surface area contributed by atoms with Crippen molar-refractivity contribution in [1.29, 1.82) is 0 Å². The van der Waals surface area contributed by atoms with Crippen LogP contribution in [0.25, 0.3) is 21.8 Å². The zero-order valence-corrected chi connectivity index (χ0v) is 17.0. The van der Waals surface area contributed by atoms with Crippen molar-refractivity contribution in [2.24, 2.45) is 5.10 Å². The Morgan fingerprint density at radius 3 is 2.50 bits per heavy atom. The lowest BCUT2D eigenvalue weighted by molar-refractivity contribution is -0.123. The lowest BCUT2D eigenvalue weighted by atomic mass is 10.1. The lowest BCUT2D eigenvalue weighted by Gasteiger charge is -2.06. The van der Waals surface area contributed by atoms with Crippen molar-refractivity contribution in [1.82, 2.24) is 9.99 Å². The molecule has 1 N–H and O–H groups in total. The number of hydrogen-bond donors (Lipinski definition) is 1. The molecule has 0 saturated heterocycles. The van der Waals surface area contributed by atoms with Gasteiger partial charge in [-0.15, -0.1) is 0 Å². The number of benzene rings is 3. The molecule has 0 radical (unpaired) electrons. The maximum Gasteiger partial charge on any atom is 0.277 e. The highest BCUT2D eigenvalue weighted by Crippen LogP contribution is 2.29. The molecule has 30 heavy (non-hydrogen) atoms. The van der Waals surface area contributed by atoms with E-state index in [9.17, 15) is 4.79 Å². The number of carbonyl (C=O) groups is 1. The van der Waals surface area contributed by atoms with Crippen molar-refractivity contribution in [2.75, 3.05) is 13.7 Å². The number of aromatic nitrogens is 1. The Morgan fingerprint density at radius 2 is 1.73 bits per heavy atom. The maximum absolute atomic E-state index is 12.0. The van der Waals surface area contributed by atoms with Crippen LogP contribution in [0.2, 0.25) is 0 Å². The predicted octanol–water partition coefficient (Wildman–Crippen LogP) is 4.35. The van der Waals surface area contributed by atoms with Crippen molar-refractivity contribution in [3.8, 4) is 11.5 Å². The molecule has 0 atom stereocenters. The van der Waals surface area contributed by atoms with Crippen molar-refractivity contribution >= 4 is 33.9 Å². The van der Waals surface area contributed by atoms with Crippen LogP contribution in [-0.2, 0) is 11.3 Å². The van der Waals surface area contributed by atoms with Crippen molar-refractivity contribution in [3.63, 3.8) is 0 Å². The second kappa shape index (κ2) is 8.69. The monoisotopic (exact) mass is 401 g/mol. The van der Waals surface area contributed by atoms with Crippen LogP contribution >= 0.6 is 0 Å². The fourth-order valence-electron chi connectivity index (χ4n) is 3.52. The summed E-state index contributed by atoms with van der Waals surface area (Å²) in [5, 5.41) is 6.45. The van der Waals surface area contributed by atoms with Crippen molar-refractivity contribution < 1.29 is 14.3 Å². The lowest BCUT2D eigenvalue weighted by Crippen LogP contribution is -2.24. The van der Waals surface area contributed by atoms with Gasteiger partial charge in [-0.05, 0) is 55.0 Å². The average molecular weight is 401 g/mol. The van der Waals surface area contributed by atoms with Gasteiger partial charge in [0.05, 0.1) is 13.3 Å². The number of nitrogens with one attached hydrogen (secondary N) is 1. The molecule has 4 rings (SSSR count). The van der Waals surface area contributed by atoms with E-state index in [0.29, 0.717) is 5.75 Å². The third-order valence-electron chi connectivity index (χ3n) is 4.94. The zero-order chi connectivity index (χ0) is 20.9. The molecule has 0 aliphatic rings. The minimum atomic E-state index is -0.328. The number of para-hydroxylation sites is 1. The Kier molecular flexibility index (Phi) is 5.66. The number of ether oxygens (including phenoxy) is 2. The summed E-state index contributed by atoms with van der Waals surface area (Å²) in [5.74, 6) is 0.994. The minimum Gasteiger partial charge on any atom is -0.497 e. The van der Waals surface area contributed by atoms with Crippen LogP contribution in [0.15, 0.2) is 71.8 Å². The van der Waals surface area contributed by atoms with Gasteiger partial charge in [0.1, 0.15) is 11.5 Å². The molecule has 4 aromatic rings. The maximum atomic E-state index is 12.0. The first kappa shape index (κ1) is 19.5. The fourth-order valence-corrected chi connectivity index (χ4v) is 3.52. The van der Waals surface area contributed by atoms with Crippen LogP contribution < -0.4 is 14.9 Å². The first-order chi connectivity index (χ1) is 14.7. The number of amides is 1. The molecule has 0 bridgehead atoms. The zero-order valence-electron chi connectivity index (χ0n) is 17.0. The quantitative estimate of drug-likeness (QED) is 0.370. The Morgan fingerprint density at radius 1 is 1.00 bits per heavy atom. The number of hydrogen-bond acceptors (Lipinski definition) is 4. The normalized spacial score (nSPS) is 11.3. The third-order valence-corrected chi connectivity index (χ3v) is 4.94. The molecule has 0 aliphatic heterocycles. The van der Waals surface area contributed by atoms with E-state index >= 15 is 0 Å². The highest BCUT2D eigenvalue weighted by molar-refractivity contribution is 6.09. The summed E-state index contributed by atoms with van der Waals surface area (Å²) in [6.07, 6.45) is 1.64. The molecule has 0 saturated carbocycles. The van der Waals surface area contributed by atoms with Crippen LogP contribution in [-0.4, -0.2) is 30.4 Å². The highest BCUT2D eigenvalue weighted by Gasteiger charge is 2.09. The van der Waals surface area contributed by atoms with E-state index in [1.165, 1.54) is 21.8 Å². The van der Waals surface area contributed by atoms with Crippen LogP contribution in [0.1, 0.15) is 12.5 Å². The largest absolute Gasteiger partial charge is 0.497 e. The van der Waals surface area contributed by atoms with Crippen LogP contribution in [0.3, 0.4) is 0 Å². The van der Waals surface area contributed by atoms with E-state index < -0.39 is 0 Å².